The molecule has 1 aliphatic rings. The van der Waals surface area contributed by atoms with Gasteiger partial charge >= 0.3 is 6.03 Å². The average molecular weight is 462 g/mol. The van der Waals surface area contributed by atoms with Gasteiger partial charge in [0.05, 0.1) is 12.2 Å². The number of aromatic nitrogens is 1. The van der Waals surface area contributed by atoms with Crippen LogP contribution < -0.4 is 14.1 Å². The number of sulfonamides is 1. The van der Waals surface area contributed by atoms with E-state index in [2.05, 4.69) is 4.98 Å². The van der Waals surface area contributed by atoms with Crippen LogP contribution in [-0.2, 0) is 16.6 Å². The zero-order chi connectivity index (χ0) is 23.2. The second-order valence-electron chi connectivity index (χ2n) is 7.20. The molecule has 0 spiro atoms. The van der Waals surface area contributed by atoms with Crippen molar-refractivity contribution >= 4 is 33.4 Å². The van der Waals surface area contributed by atoms with Gasteiger partial charge in [0.15, 0.2) is 5.82 Å². The standard InChI is InChI=1S/C21H17F3N4O3S/c1-26(2)19-8-5-9-20(25-19)28-21(29)27(12-14-15(23)10-13(22)11-16(14)24)17-6-3-4-7-18(17)32(28,30)31/h3-11H,12H2,1-2H3. The lowest BCUT2D eigenvalue weighted by molar-refractivity contribution is 0.253. The van der Waals surface area contributed by atoms with Gasteiger partial charge in [0.25, 0.3) is 10.0 Å². The minimum atomic E-state index is -4.37. The highest BCUT2D eigenvalue weighted by molar-refractivity contribution is 7.94. The third kappa shape index (κ3) is 3.54. The van der Waals surface area contributed by atoms with Crippen LogP contribution in [0, 0.1) is 17.5 Å². The number of nitrogens with zero attached hydrogens (tertiary/aromatic N) is 4. The molecule has 0 radical (unpaired) electrons. The van der Waals surface area contributed by atoms with Gasteiger partial charge in [0.2, 0.25) is 0 Å². The van der Waals surface area contributed by atoms with Gasteiger partial charge in [-0.2, -0.15) is 4.31 Å². The molecule has 0 N–H and O–H groups in total. The van der Waals surface area contributed by atoms with Crippen molar-refractivity contribution in [3.63, 3.8) is 0 Å². The number of pyridine rings is 1. The van der Waals surface area contributed by atoms with Crippen LogP contribution in [0.25, 0.3) is 0 Å². The van der Waals surface area contributed by atoms with E-state index in [-0.39, 0.29) is 16.4 Å². The van der Waals surface area contributed by atoms with Crippen molar-refractivity contribution in [2.75, 3.05) is 28.2 Å². The third-order valence-electron chi connectivity index (χ3n) is 4.89. The van der Waals surface area contributed by atoms with Gasteiger partial charge in [0.1, 0.15) is 28.2 Å². The minimum absolute atomic E-state index is 0.0550. The van der Waals surface area contributed by atoms with E-state index in [1.807, 2.05) is 0 Å². The van der Waals surface area contributed by atoms with Crippen LogP contribution in [-0.4, -0.2) is 33.5 Å². The molecule has 0 atom stereocenters. The van der Waals surface area contributed by atoms with Crippen LogP contribution in [0.4, 0.5) is 35.3 Å². The predicted molar refractivity (Wildman–Crippen MR) is 113 cm³/mol. The quantitative estimate of drug-likeness (QED) is 0.588. The molecule has 2 heterocycles. The van der Waals surface area contributed by atoms with Crippen molar-refractivity contribution in [3.05, 3.63) is 77.6 Å². The lowest BCUT2D eigenvalue weighted by atomic mass is 10.1. The third-order valence-corrected chi connectivity index (χ3v) is 6.61. The number of para-hydroxylation sites is 1. The molecule has 4 rings (SSSR count). The normalized spacial score (nSPS) is 15.0. The topological polar surface area (TPSA) is 73.8 Å². The fourth-order valence-electron chi connectivity index (χ4n) is 3.34. The molecule has 0 aliphatic carbocycles. The Morgan fingerprint density at radius 1 is 0.969 bits per heavy atom. The van der Waals surface area contributed by atoms with Crippen molar-refractivity contribution in [2.24, 2.45) is 0 Å². The van der Waals surface area contributed by atoms with Crippen LogP contribution >= 0.6 is 0 Å². The average Bonchev–Trinajstić information content (AvgIpc) is 2.72. The molecule has 0 saturated heterocycles. The molecule has 32 heavy (non-hydrogen) atoms. The molecule has 2 amide bonds. The first-order valence-corrected chi connectivity index (χ1v) is 10.8. The number of fused-ring (bicyclic) bond motifs is 1. The maximum absolute atomic E-state index is 14.3. The second-order valence-corrected chi connectivity index (χ2v) is 8.96. The first kappa shape index (κ1) is 21.6. The van der Waals surface area contributed by atoms with Gasteiger partial charge in [-0.1, -0.05) is 18.2 Å². The summed E-state index contributed by atoms with van der Waals surface area (Å²) in [6.45, 7) is -0.660. The van der Waals surface area contributed by atoms with Crippen LogP contribution in [0.15, 0.2) is 59.5 Å². The Morgan fingerprint density at radius 2 is 1.62 bits per heavy atom. The first-order valence-electron chi connectivity index (χ1n) is 9.35. The van der Waals surface area contributed by atoms with Gasteiger partial charge in [0, 0.05) is 31.8 Å². The molecule has 1 aliphatic heterocycles. The van der Waals surface area contributed by atoms with Gasteiger partial charge in [-0.05, 0) is 24.3 Å². The number of hydrogen-bond donors (Lipinski definition) is 0. The number of hydrogen-bond acceptors (Lipinski definition) is 5. The van der Waals surface area contributed by atoms with Gasteiger partial charge < -0.3 is 4.90 Å². The van der Waals surface area contributed by atoms with Crippen molar-refractivity contribution < 1.29 is 26.4 Å². The molecule has 166 valence electrons. The number of amides is 2. The molecular weight excluding hydrogens is 445 g/mol. The monoisotopic (exact) mass is 462 g/mol. The van der Waals surface area contributed by atoms with Crippen molar-refractivity contribution in [1.82, 2.24) is 4.98 Å². The molecule has 7 nitrogen and oxygen atoms in total. The fourth-order valence-corrected chi connectivity index (χ4v) is 4.88. The summed E-state index contributed by atoms with van der Waals surface area (Å²) in [5, 5.41) is 0. The summed E-state index contributed by atoms with van der Waals surface area (Å²) in [6, 6.07) is 10.0. The van der Waals surface area contributed by atoms with Crippen LogP contribution in [0.2, 0.25) is 0 Å². The molecule has 1 aromatic heterocycles. The van der Waals surface area contributed by atoms with E-state index >= 15 is 0 Å². The molecule has 0 fully saturated rings. The van der Waals surface area contributed by atoms with E-state index in [0.717, 1.165) is 4.90 Å². The zero-order valence-electron chi connectivity index (χ0n) is 17.0. The van der Waals surface area contributed by atoms with Crippen LogP contribution in [0.3, 0.4) is 0 Å². The molecule has 0 unspecified atom stereocenters. The van der Waals surface area contributed by atoms with Gasteiger partial charge in [-0.3, -0.25) is 4.90 Å². The summed E-state index contributed by atoms with van der Waals surface area (Å²) in [5.74, 6) is -3.28. The Labute approximate surface area is 182 Å². The SMILES string of the molecule is CN(C)c1cccc(N2C(=O)N(Cc3c(F)cc(F)cc3F)c3ccccc3S2(=O)=O)n1. The number of halogens is 3. The Balaban J connectivity index is 1.89. The van der Waals surface area contributed by atoms with Gasteiger partial charge in [-0.15, -0.1) is 0 Å². The largest absolute Gasteiger partial charge is 0.363 e. The molecular formula is C21H17F3N4O3S. The highest BCUT2D eigenvalue weighted by Gasteiger charge is 2.43. The van der Waals surface area contributed by atoms with E-state index in [9.17, 15) is 26.4 Å². The number of rotatable bonds is 4. The minimum Gasteiger partial charge on any atom is -0.363 e. The van der Waals surface area contributed by atoms with E-state index in [0.29, 0.717) is 22.3 Å². The lowest BCUT2D eigenvalue weighted by Gasteiger charge is -2.36. The molecule has 2 aromatic carbocycles. The van der Waals surface area contributed by atoms with E-state index in [1.165, 1.54) is 36.4 Å². The zero-order valence-corrected chi connectivity index (χ0v) is 17.8. The Bertz CT molecular complexity index is 1310. The smallest absolute Gasteiger partial charge is 0.344 e. The number of anilines is 3. The lowest BCUT2D eigenvalue weighted by Crippen LogP contribution is -2.51. The summed E-state index contributed by atoms with van der Waals surface area (Å²) < 4.78 is 69.0. The molecule has 11 heteroatoms. The first-order chi connectivity index (χ1) is 15.1. The second kappa shape index (κ2) is 7.83. The number of carbonyl (C=O) groups is 1. The van der Waals surface area contributed by atoms with E-state index < -0.39 is 45.6 Å². The predicted octanol–water partition coefficient (Wildman–Crippen LogP) is 3.90. The Morgan fingerprint density at radius 3 is 2.28 bits per heavy atom. The van der Waals surface area contributed by atoms with Crippen molar-refractivity contribution in [3.8, 4) is 0 Å². The summed E-state index contributed by atoms with van der Waals surface area (Å²) >= 11 is 0. The number of benzene rings is 2. The Kier molecular flexibility index (Phi) is 5.29. The van der Waals surface area contributed by atoms with Gasteiger partial charge in [-0.25, -0.2) is 31.4 Å². The summed E-state index contributed by atoms with van der Waals surface area (Å²) in [7, 11) is -0.977. The van der Waals surface area contributed by atoms with Crippen LogP contribution in [0.1, 0.15) is 5.56 Å². The highest BCUT2D eigenvalue weighted by atomic mass is 32.2. The van der Waals surface area contributed by atoms with E-state index in [1.54, 1.807) is 25.1 Å². The summed E-state index contributed by atoms with van der Waals surface area (Å²) in [5.41, 5.74) is -0.635. The highest BCUT2D eigenvalue weighted by Crippen LogP contribution is 2.38. The number of urea groups is 1. The maximum Gasteiger partial charge on any atom is 0.344 e. The van der Waals surface area contributed by atoms with Crippen molar-refractivity contribution in [1.29, 1.82) is 0 Å². The molecule has 0 saturated carbocycles. The Hall–Kier alpha value is -3.60. The summed E-state index contributed by atoms with van der Waals surface area (Å²) in [6.07, 6.45) is 0. The molecule has 0 bridgehead atoms. The van der Waals surface area contributed by atoms with Crippen molar-refractivity contribution in [2.45, 2.75) is 11.4 Å². The fraction of sp³-hybridized carbons (Fsp3) is 0.143. The van der Waals surface area contributed by atoms with E-state index in [4.69, 9.17) is 0 Å². The van der Waals surface area contributed by atoms with Crippen LogP contribution in [0.5, 0.6) is 0 Å². The number of carbonyl (C=O) groups excluding carboxylic acids is 1. The molecule has 3 aromatic rings. The summed E-state index contributed by atoms with van der Waals surface area (Å²) in [4.78, 5) is 19.9. The maximum atomic E-state index is 14.3.